The average molecular weight is 376 g/mol. The molecule has 2 N–H and O–H groups in total. The summed E-state index contributed by atoms with van der Waals surface area (Å²) in [6, 6.07) is 4.06. The number of carbonyl (C=O) groups is 2. The number of carbonyl (C=O) groups excluding carboxylic acids is 2. The van der Waals surface area contributed by atoms with Crippen LogP contribution in [0.3, 0.4) is 0 Å². The molecule has 6 heteroatoms. The first kappa shape index (κ1) is 21.1. The van der Waals surface area contributed by atoms with Crippen molar-refractivity contribution in [2.45, 2.75) is 78.5 Å². The van der Waals surface area contributed by atoms with E-state index in [9.17, 15) is 9.59 Å². The largest absolute Gasteiger partial charge is 0.493 e. The molecule has 0 aromatic heterocycles. The Morgan fingerprint density at radius 2 is 1.85 bits per heavy atom. The Hall–Kier alpha value is -2.24. The zero-order valence-electron chi connectivity index (χ0n) is 17.5. The lowest BCUT2D eigenvalue weighted by Crippen LogP contribution is -2.49. The monoisotopic (exact) mass is 376 g/mol. The lowest BCUT2D eigenvalue weighted by atomic mass is 9.94. The number of nitrogens with one attached hydrogen (secondary N) is 2. The average Bonchev–Trinajstić information content (AvgIpc) is 2.44. The van der Waals surface area contributed by atoms with Crippen LogP contribution in [0.4, 0.5) is 4.79 Å². The molecule has 0 aliphatic carbocycles. The van der Waals surface area contributed by atoms with Gasteiger partial charge in [0.2, 0.25) is 5.91 Å². The zero-order valence-corrected chi connectivity index (χ0v) is 17.5. The molecule has 150 valence electrons. The van der Waals surface area contributed by atoms with E-state index in [-0.39, 0.29) is 18.4 Å². The smallest absolute Gasteiger partial charge is 0.408 e. The van der Waals surface area contributed by atoms with E-state index in [1.165, 1.54) is 0 Å². The van der Waals surface area contributed by atoms with Crippen LogP contribution in [0.1, 0.15) is 70.2 Å². The minimum Gasteiger partial charge on any atom is -0.493 e. The van der Waals surface area contributed by atoms with E-state index in [1.54, 1.807) is 20.8 Å². The summed E-state index contributed by atoms with van der Waals surface area (Å²) < 4.78 is 11.1. The highest BCUT2D eigenvalue weighted by Gasteiger charge is 2.30. The van der Waals surface area contributed by atoms with Gasteiger partial charge < -0.3 is 20.1 Å². The summed E-state index contributed by atoms with van der Waals surface area (Å²) in [5.74, 6) is 0.747. The molecular formula is C21H32N2O4. The van der Waals surface area contributed by atoms with E-state index in [4.69, 9.17) is 9.47 Å². The van der Waals surface area contributed by atoms with E-state index < -0.39 is 17.2 Å². The Labute approximate surface area is 162 Å². The second kappa shape index (κ2) is 7.79. The number of hydrogen-bond acceptors (Lipinski definition) is 4. The number of amides is 2. The minimum absolute atomic E-state index is 0.0859. The maximum Gasteiger partial charge on any atom is 0.408 e. The lowest BCUT2D eigenvalue weighted by molar-refractivity contribution is -0.123. The Balaban J connectivity index is 2.01. The van der Waals surface area contributed by atoms with Crippen molar-refractivity contribution in [1.82, 2.24) is 10.6 Å². The second-order valence-electron chi connectivity index (χ2n) is 8.94. The molecule has 0 bridgehead atoms. The van der Waals surface area contributed by atoms with Crippen LogP contribution >= 0.6 is 0 Å². The third kappa shape index (κ3) is 6.15. The van der Waals surface area contributed by atoms with E-state index in [0.29, 0.717) is 6.61 Å². The van der Waals surface area contributed by atoms with Gasteiger partial charge in [-0.1, -0.05) is 17.7 Å². The molecule has 2 rings (SSSR count). The van der Waals surface area contributed by atoms with Crippen molar-refractivity contribution in [2.75, 3.05) is 6.61 Å². The maximum atomic E-state index is 12.6. The van der Waals surface area contributed by atoms with Gasteiger partial charge in [0.1, 0.15) is 11.4 Å². The number of ether oxygens (including phenoxy) is 2. The molecule has 27 heavy (non-hydrogen) atoms. The SMILES string of the molecule is Cc1cc(C)c2c(c1)C(NC(=O)CC(C)(C)NC(=O)OC(C)(C)C)CCO2. The third-order valence-electron chi connectivity index (χ3n) is 4.25. The molecular weight excluding hydrogens is 344 g/mol. The van der Waals surface area contributed by atoms with Gasteiger partial charge in [0, 0.05) is 23.9 Å². The van der Waals surface area contributed by atoms with E-state index in [0.717, 1.165) is 28.9 Å². The Morgan fingerprint density at radius 1 is 1.19 bits per heavy atom. The van der Waals surface area contributed by atoms with E-state index in [1.807, 2.05) is 27.7 Å². The van der Waals surface area contributed by atoms with Gasteiger partial charge in [0.05, 0.1) is 12.6 Å². The minimum atomic E-state index is -0.719. The highest BCUT2D eigenvalue weighted by molar-refractivity contribution is 5.79. The molecule has 0 fully saturated rings. The molecule has 1 aromatic rings. The highest BCUT2D eigenvalue weighted by atomic mass is 16.6. The van der Waals surface area contributed by atoms with Crippen LogP contribution in [0, 0.1) is 13.8 Å². The normalized spacial score (nSPS) is 16.8. The first-order valence-corrected chi connectivity index (χ1v) is 9.41. The number of alkyl carbamates (subject to hydrolysis) is 1. The molecule has 2 amide bonds. The number of hydrogen-bond donors (Lipinski definition) is 2. The molecule has 1 aliphatic rings. The summed E-state index contributed by atoms with van der Waals surface area (Å²) in [6.07, 6.45) is 0.355. The number of fused-ring (bicyclic) bond motifs is 1. The quantitative estimate of drug-likeness (QED) is 0.834. The Bertz CT molecular complexity index is 720. The molecule has 0 saturated carbocycles. The molecule has 1 atom stereocenters. The predicted molar refractivity (Wildman–Crippen MR) is 105 cm³/mol. The van der Waals surface area contributed by atoms with Gasteiger partial charge in [0.25, 0.3) is 0 Å². The molecule has 1 aromatic carbocycles. The second-order valence-corrected chi connectivity index (χ2v) is 8.94. The standard InChI is InChI=1S/C21H32N2O4/c1-13-10-14(2)18-15(11-13)16(8-9-26-18)22-17(24)12-21(6,7)23-19(25)27-20(3,4)5/h10-11,16H,8-9,12H2,1-7H3,(H,22,24)(H,23,25). The van der Waals surface area contributed by atoms with Crippen LogP contribution in [0.25, 0.3) is 0 Å². The first-order valence-electron chi connectivity index (χ1n) is 9.41. The zero-order chi connectivity index (χ0) is 20.4. The fourth-order valence-electron chi connectivity index (χ4n) is 3.30. The summed E-state index contributed by atoms with van der Waals surface area (Å²) in [7, 11) is 0. The van der Waals surface area contributed by atoms with Crippen LogP contribution in [0.2, 0.25) is 0 Å². The summed E-state index contributed by atoms with van der Waals surface area (Å²) in [6.45, 7) is 13.7. The first-order chi connectivity index (χ1) is 12.4. The van der Waals surface area contributed by atoms with Crippen molar-refractivity contribution >= 4 is 12.0 Å². The number of aryl methyl sites for hydroxylation is 2. The van der Waals surface area contributed by atoms with E-state index >= 15 is 0 Å². The topological polar surface area (TPSA) is 76.7 Å². The van der Waals surface area contributed by atoms with Gasteiger partial charge >= 0.3 is 6.09 Å². The maximum absolute atomic E-state index is 12.6. The van der Waals surface area contributed by atoms with Gasteiger partial charge in [-0.2, -0.15) is 0 Å². The van der Waals surface area contributed by atoms with Crippen molar-refractivity contribution in [2.24, 2.45) is 0 Å². The summed E-state index contributed by atoms with van der Waals surface area (Å²) in [4.78, 5) is 24.6. The fourth-order valence-corrected chi connectivity index (χ4v) is 3.30. The number of benzene rings is 1. The van der Waals surface area contributed by atoms with Gasteiger partial charge in [-0.05, 0) is 54.0 Å². The van der Waals surface area contributed by atoms with Crippen LogP contribution < -0.4 is 15.4 Å². The molecule has 1 unspecified atom stereocenters. The van der Waals surface area contributed by atoms with Crippen LogP contribution in [-0.2, 0) is 9.53 Å². The van der Waals surface area contributed by atoms with Crippen LogP contribution in [-0.4, -0.2) is 29.7 Å². The van der Waals surface area contributed by atoms with Gasteiger partial charge in [0.15, 0.2) is 0 Å². The van der Waals surface area contributed by atoms with Gasteiger partial charge in [-0.3, -0.25) is 4.79 Å². The Kier molecular flexibility index (Phi) is 6.07. The molecule has 0 saturated heterocycles. The molecule has 0 radical (unpaired) electrons. The van der Waals surface area contributed by atoms with E-state index in [2.05, 4.69) is 22.8 Å². The number of rotatable bonds is 4. The van der Waals surface area contributed by atoms with Crippen molar-refractivity contribution in [1.29, 1.82) is 0 Å². The van der Waals surface area contributed by atoms with Crippen molar-refractivity contribution in [3.8, 4) is 5.75 Å². The van der Waals surface area contributed by atoms with Crippen LogP contribution in [0.5, 0.6) is 5.75 Å². The van der Waals surface area contributed by atoms with Crippen molar-refractivity contribution < 1.29 is 19.1 Å². The van der Waals surface area contributed by atoms with Crippen molar-refractivity contribution in [3.63, 3.8) is 0 Å². The summed E-state index contributed by atoms with van der Waals surface area (Å²) in [5.41, 5.74) is 1.94. The third-order valence-corrected chi connectivity index (χ3v) is 4.25. The van der Waals surface area contributed by atoms with Gasteiger partial charge in [-0.25, -0.2) is 4.79 Å². The summed E-state index contributed by atoms with van der Waals surface area (Å²) in [5, 5.41) is 5.87. The Morgan fingerprint density at radius 3 is 2.48 bits per heavy atom. The van der Waals surface area contributed by atoms with Crippen molar-refractivity contribution in [3.05, 3.63) is 28.8 Å². The fraction of sp³-hybridized carbons (Fsp3) is 0.619. The molecule has 6 nitrogen and oxygen atoms in total. The molecule has 1 heterocycles. The lowest BCUT2D eigenvalue weighted by Gasteiger charge is -2.31. The predicted octanol–water partition coefficient (Wildman–Crippen LogP) is 3.94. The molecule has 0 spiro atoms. The van der Waals surface area contributed by atoms with Gasteiger partial charge in [-0.15, -0.1) is 0 Å². The van der Waals surface area contributed by atoms with Crippen LogP contribution in [0.15, 0.2) is 12.1 Å². The molecule has 1 aliphatic heterocycles. The summed E-state index contributed by atoms with van der Waals surface area (Å²) >= 11 is 0. The highest BCUT2D eigenvalue weighted by Crippen LogP contribution is 2.35.